The maximum Gasteiger partial charge on any atom is 0.239 e. The Morgan fingerprint density at radius 1 is 1.25 bits per heavy atom. The van der Waals surface area contributed by atoms with Crippen molar-refractivity contribution in [1.29, 1.82) is 0 Å². The highest BCUT2D eigenvalue weighted by atomic mass is 16.1. The number of hydrogen-bond acceptors (Lipinski definition) is 3. The molecule has 0 spiro atoms. The number of carbonyl (C=O) groups is 1. The van der Waals surface area contributed by atoms with Crippen molar-refractivity contribution < 1.29 is 4.79 Å². The zero-order valence-electron chi connectivity index (χ0n) is 12.9. The van der Waals surface area contributed by atoms with Crippen molar-refractivity contribution in [3.63, 3.8) is 0 Å². The van der Waals surface area contributed by atoms with E-state index in [1.807, 2.05) is 0 Å². The van der Waals surface area contributed by atoms with E-state index >= 15 is 0 Å². The lowest BCUT2D eigenvalue weighted by Gasteiger charge is -2.39. The SMILES string of the molecule is CC(C)NC(CN(CC1CC1)C1CC1)(C(N)=O)C1CC1. The van der Waals surface area contributed by atoms with Gasteiger partial charge in [-0.15, -0.1) is 0 Å². The number of carbonyl (C=O) groups excluding carboxylic acids is 1. The van der Waals surface area contributed by atoms with Crippen molar-refractivity contribution in [3.8, 4) is 0 Å². The minimum Gasteiger partial charge on any atom is -0.368 e. The Morgan fingerprint density at radius 2 is 1.90 bits per heavy atom. The fraction of sp³-hybridized carbons (Fsp3) is 0.938. The summed E-state index contributed by atoms with van der Waals surface area (Å²) < 4.78 is 0. The lowest BCUT2D eigenvalue weighted by Crippen LogP contribution is -2.65. The standard InChI is InChI=1S/C16H29N3O/c1-11(2)18-16(15(17)20,13-5-6-13)10-19(14-7-8-14)9-12-3-4-12/h11-14,18H,3-10H2,1-2H3,(H2,17,20). The van der Waals surface area contributed by atoms with Crippen molar-refractivity contribution in [3.05, 3.63) is 0 Å². The Balaban J connectivity index is 1.74. The number of rotatable bonds is 9. The summed E-state index contributed by atoms with van der Waals surface area (Å²) in [5.41, 5.74) is 5.35. The Labute approximate surface area is 122 Å². The van der Waals surface area contributed by atoms with Gasteiger partial charge in [-0.25, -0.2) is 0 Å². The molecule has 1 atom stereocenters. The summed E-state index contributed by atoms with van der Waals surface area (Å²) in [6, 6.07) is 1.01. The van der Waals surface area contributed by atoms with Crippen molar-refractivity contribution in [2.75, 3.05) is 13.1 Å². The third-order valence-corrected chi connectivity index (χ3v) is 4.97. The highest BCUT2D eigenvalue weighted by molar-refractivity contribution is 5.86. The van der Waals surface area contributed by atoms with Crippen molar-refractivity contribution >= 4 is 5.91 Å². The van der Waals surface area contributed by atoms with Crippen LogP contribution < -0.4 is 11.1 Å². The predicted octanol–water partition coefficient (Wildman–Crippen LogP) is 1.49. The van der Waals surface area contributed by atoms with Crippen molar-refractivity contribution in [2.45, 2.75) is 70.0 Å². The van der Waals surface area contributed by atoms with Gasteiger partial charge in [0.25, 0.3) is 0 Å². The molecular formula is C16H29N3O. The van der Waals surface area contributed by atoms with E-state index in [1.165, 1.54) is 32.2 Å². The van der Waals surface area contributed by atoms with E-state index in [1.54, 1.807) is 0 Å². The molecule has 3 aliphatic carbocycles. The average molecular weight is 279 g/mol. The number of nitrogens with zero attached hydrogens (tertiary/aromatic N) is 1. The molecule has 0 heterocycles. The molecule has 4 heteroatoms. The Kier molecular flexibility index (Phi) is 3.80. The summed E-state index contributed by atoms with van der Waals surface area (Å²) in [5.74, 6) is 1.18. The third-order valence-electron chi connectivity index (χ3n) is 4.97. The Hall–Kier alpha value is -0.610. The summed E-state index contributed by atoms with van der Waals surface area (Å²) in [6.45, 7) is 6.23. The second kappa shape index (κ2) is 5.30. The van der Waals surface area contributed by atoms with Gasteiger partial charge in [0.1, 0.15) is 5.54 Å². The topological polar surface area (TPSA) is 58.4 Å². The van der Waals surface area contributed by atoms with E-state index in [9.17, 15) is 4.79 Å². The molecular weight excluding hydrogens is 250 g/mol. The first-order chi connectivity index (χ1) is 9.51. The fourth-order valence-electron chi connectivity index (χ4n) is 3.47. The van der Waals surface area contributed by atoms with E-state index in [2.05, 4.69) is 24.1 Å². The van der Waals surface area contributed by atoms with Crippen LogP contribution in [-0.4, -0.2) is 41.5 Å². The summed E-state index contributed by atoms with van der Waals surface area (Å²) in [6.07, 6.45) is 7.62. The van der Waals surface area contributed by atoms with Crippen LogP contribution in [0.3, 0.4) is 0 Å². The molecule has 0 aromatic heterocycles. The molecule has 0 saturated heterocycles. The van der Waals surface area contributed by atoms with Crippen LogP contribution in [-0.2, 0) is 4.79 Å². The molecule has 3 rings (SSSR count). The van der Waals surface area contributed by atoms with E-state index in [0.29, 0.717) is 18.0 Å². The zero-order valence-corrected chi connectivity index (χ0v) is 12.9. The maximum absolute atomic E-state index is 12.3. The normalized spacial score (nSPS) is 26.0. The first-order valence-corrected chi connectivity index (χ1v) is 8.33. The summed E-state index contributed by atoms with van der Waals surface area (Å²) in [7, 11) is 0. The van der Waals surface area contributed by atoms with Crippen LogP contribution in [0.2, 0.25) is 0 Å². The minimum atomic E-state index is -0.494. The number of amides is 1. The van der Waals surface area contributed by atoms with Gasteiger partial charge < -0.3 is 5.73 Å². The molecule has 3 fully saturated rings. The van der Waals surface area contributed by atoms with Gasteiger partial charge in [0.15, 0.2) is 0 Å². The summed E-state index contributed by atoms with van der Waals surface area (Å²) in [5, 5.41) is 3.55. The van der Waals surface area contributed by atoms with Gasteiger partial charge in [-0.1, -0.05) is 0 Å². The van der Waals surface area contributed by atoms with Gasteiger partial charge in [0.05, 0.1) is 0 Å². The van der Waals surface area contributed by atoms with Crippen LogP contribution in [0.5, 0.6) is 0 Å². The molecule has 0 radical (unpaired) electrons. The highest BCUT2D eigenvalue weighted by Crippen LogP contribution is 2.43. The van der Waals surface area contributed by atoms with E-state index in [-0.39, 0.29) is 5.91 Å². The van der Waals surface area contributed by atoms with Crippen molar-refractivity contribution in [2.24, 2.45) is 17.6 Å². The van der Waals surface area contributed by atoms with Crippen LogP contribution in [0.1, 0.15) is 52.4 Å². The number of nitrogens with two attached hydrogens (primary N) is 1. The zero-order chi connectivity index (χ0) is 14.3. The number of primary amides is 1. The second-order valence-corrected chi connectivity index (χ2v) is 7.51. The van der Waals surface area contributed by atoms with E-state index in [0.717, 1.165) is 25.3 Å². The molecule has 4 nitrogen and oxygen atoms in total. The largest absolute Gasteiger partial charge is 0.368 e. The maximum atomic E-state index is 12.3. The van der Waals surface area contributed by atoms with Gasteiger partial charge in [0.2, 0.25) is 5.91 Å². The van der Waals surface area contributed by atoms with Crippen LogP contribution in [0.4, 0.5) is 0 Å². The third kappa shape index (κ3) is 3.17. The van der Waals surface area contributed by atoms with Gasteiger partial charge in [-0.05, 0) is 64.2 Å². The van der Waals surface area contributed by atoms with Crippen LogP contribution in [0, 0.1) is 11.8 Å². The molecule has 1 unspecified atom stereocenters. The van der Waals surface area contributed by atoms with E-state index in [4.69, 9.17) is 5.73 Å². The Bertz CT molecular complexity index is 372. The highest BCUT2D eigenvalue weighted by Gasteiger charge is 2.52. The first kappa shape index (κ1) is 14.3. The monoisotopic (exact) mass is 279 g/mol. The minimum absolute atomic E-state index is 0.143. The lowest BCUT2D eigenvalue weighted by atomic mass is 9.90. The predicted molar refractivity (Wildman–Crippen MR) is 80.2 cm³/mol. The molecule has 1 amide bonds. The average Bonchev–Trinajstić information content (AvgIpc) is 3.25. The molecule has 0 bridgehead atoms. The van der Waals surface area contributed by atoms with E-state index < -0.39 is 5.54 Å². The van der Waals surface area contributed by atoms with Gasteiger partial charge >= 0.3 is 0 Å². The quantitative estimate of drug-likeness (QED) is 0.672. The van der Waals surface area contributed by atoms with Crippen LogP contribution in [0.25, 0.3) is 0 Å². The first-order valence-electron chi connectivity index (χ1n) is 8.33. The number of hydrogen-bond donors (Lipinski definition) is 2. The van der Waals surface area contributed by atoms with Gasteiger partial charge in [0, 0.05) is 25.2 Å². The Morgan fingerprint density at radius 3 is 2.30 bits per heavy atom. The van der Waals surface area contributed by atoms with Crippen LogP contribution in [0.15, 0.2) is 0 Å². The molecule has 3 aliphatic rings. The molecule has 3 N–H and O–H groups in total. The molecule has 114 valence electrons. The van der Waals surface area contributed by atoms with Gasteiger partial charge in [-0.2, -0.15) is 0 Å². The van der Waals surface area contributed by atoms with Gasteiger partial charge in [-0.3, -0.25) is 15.0 Å². The lowest BCUT2D eigenvalue weighted by molar-refractivity contribution is -0.126. The summed E-state index contributed by atoms with van der Waals surface area (Å²) >= 11 is 0. The molecule has 0 aromatic carbocycles. The second-order valence-electron chi connectivity index (χ2n) is 7.51. The fourth-order valence-corrected chi connectivity index (χ4v) is 3.47. The molecule has 3 saturated carbocycles. The molecule has 20 heavy (non-hydrogen) atoms. The summed E-state index contributed by atoms with van der Waals surface area (Å²) in [4.78, 5) is 14.8. The molecule has 0 aliphatic heterocycles. The van der Waals surface area contributed by atoms with Crippen molar-refractivity contribution in [1.82, 2.24) is 10.2 Å². The molecule has 0 aromatic rings. The smallest absolute Gasteiger partial charge is 0.239 e. The number of nitrogens with one attached hydrogen (secondary N) is 1. The van der Waals surface area contributed by atoms with Crippen LogP contribution >= 0.6 is 0 Å².